The lowest BCUT2D eigenvalue weighted by molar-refractivity contribution is -0.143. The minimum Gasteiger partial charge on any atom is -0.481 e. The Morgan fingerprint density at radius 3 is 2.02 bits per heavy atom. The van der Waals surface area contributed by atoms with Gasteiger partial charge in [0.15, 0.2) is 0 Å². The second-order valence-electron chi connectivity index (χ2n) is 12.2. The zero-order valence-electron chi connectivity index (χ0n) is 26.4. The molecule has 1 aromatic carbocycles. The van der Waals surface area contributed by atoms with Crippen LogP contribution in [0.4, 0.5) is 0 Å². The van der Waals surface area contributed by atoms with Gasteiger partial charge in [0.05, 0.1) is 12.5 Å². The number of carbonyl (C=O) groups is 7. The van der Waals surface area contributed by atoms with E-state index in [1.165, 1.54) is 18.7 Å². The SMILES string of the molecule is CC(C)C[C@@H]1NC(=O)[C@@H](Cc2ccccc2)NC(=O)[C@H]2CCCN2C(=O)[C@@H](C)NC(=O)[C@H]([C@@H](C)O)NC(=O)[C@@H](CC(=O)O)NC1=O. The summed E-state index contributed by atoms with van der Waals surface area (Å²) in [6, 6.07) is 1.09. The lowest BCUT2D eigenvalue weighted by Crippen LogP contribution is -2.62. The zero-order valence-corrected chi connectivity index (χ0v) is 26.4. The Bertz CT molecular complexity index is 1300. The summed E-state index contributed by atoms with van der Waals surface area (Å²) in [6.45, 7) is 6.43. The Kier molecular flexibility index (Phi) is 12.6. The van der Waals surface area contributed by atoms with Gasteiger partial charge >= 0.3 is 5.97 Å². The first kappa shape index (κ1) is 35.9. The molecule has 0 radical (unpaired) electrons. The fraction of sp³-hybridized carbons (Fsp3) is 0.581. The van der Waals surface area contributed by atoms with E-state index in [4.69, 9.17) is 0 Å². The molecule has 252 valence electrons. The summed E-state index contributed by atoms with van der Waals surface area (Å²) in [5, 5.41) is 32.3. The molecule has 6 amide bonds. The van der Waals surface area contributed by atoms with E-state index in [2.05, 4.69) is 26.6 Å². The van der Waals surface area contributed by atoms with Gasteiger partial charge in [-0.15, -0.1) is 0 Å². The summed E-state index contributed by atoms with van der Waals surface area (Å²) in [5.74, 6) is -6.28. The number of carboxylic acid groups (broad SMARTS) is 1. The van der Waals surface area contributed by atoms with Crippen molar-refractivity contribution < 1.29 is 43.8 Å². The van der Waals surface area contributed by atoms with Crippen LogP contribution in [0, 0.1) is 5.92 Å². The predicted molar refractivity (Wildman–Crippen MR) is 164 cm³/mol. The highest BCUT2D eigenvalue weighted by Gasteiger charge is 2.40. The molecule has 0 spiro atoms. The number of nitrogens with zero attached hydrogens (tertiary/aromatic N) is 1. The van der Waals surface area contributed by atoms with Crippen LogP contribution in [0.5, 0.6) is 0 Å². The number of aliphatic hydroxyl groups is 1. The molecule has 15 nitrogen and oxygen atoms in total. The van der Waals surface area contributed by atoms with Gasteiger partial charge in [-0.25, -0.2) is 0 Å². The number of nitrogens with one attached hydrogen (secondary N) is 5. The van der Waals surface area contributed by atoms with E-state index in [1.807, 2.05) is 0 Å². The topological polar surface area (TPSA) is 223 Å². The Morgan fingerprint density at radius 2 is 1.41 bits per heavy atom. The van der Waals surface area contributed by atoms with Crippen LogP contribution in [-0.4, -0.2) is 105 Å². The number of benzene rings is 1. The number of aliphatic hydroxyl groups excluding tert-OH is 1. The van der Waals surface area contributed by atoms with Crippen LogP contribution in [-0.2, 0) is 40.0 Å². The molecule has 2 fully saturated rings. The van der Waals surface area contributed by atoms with E-state index in [9.17, 15) is 43.8 Å². The molecule has 46 heavy (non-hydrogen) atoms. The van der Waals surface area contributed by atoms with Crippen molar-refractivity contribution in [2.24, 2.45) is 5.92 Å². The molecule has 7 N–H and O–H groups in total. The molecular formula is C31H44N6O9. The maximum atomic E-state index is 13.7. The fourth-order valence-corrected chi connectivity index (χ4v) is 5.53. The minimum atomic E-state index is -1.69. The van der Waals surface area contributed by atoms with Crippen molar-refractivity contribution in [3.63, 3.8) is 0 Å². The van der Waals surface area contributed by atoms with Crippen molar-refractivity contribution in [2.75, 3.05) is 6.54 Å². The average molecular weight is 645 g/mol. The fourth-order valence-electron chi connectivity index (χ4n) is 5.53. The van der Waals surface area contributed by atoms with Gasteiger partial charge in [0, 0.05) is 13.0 Å². The first-order valence-corrected chi connectivity index (χ1v) is 15.4. The van der Waals surface area contributed by atoms with Crippen molar-refractivity contribution in [2.45, 2.75) is 102 Å². The van der Waals surface area contributed by atoms with Crippen molar-refractivity contribution >= 4 is 41.4 Å². The molecule has 2 aliphatic rings. The molecule has 2 saturated heterocycles. The quantitative estimate of drug-likeness (QED) is 0.185. The number of amides is 6. The number of fused-ring (bicyclic) bond motifs is 1. The molecule has 15 heteroatoms. The van der Waals surface area contributed by atoms with E-state index in [-0.39, 0.29) is 25.3 Å². The third-order valence-corrected chi connectivity index (χ3v) is 7.90. The molecule has 2 heterocycles. The highest BCUT2D eigenvalue weighted by atomic mass is 16.4. The molecular weight excluding hydrogens is 600 g/mol. The van der Waals surface area contributed by atoms with Gasteiger partial charge in [-0.05, 0) is 44.6 Å². The van der Waals surface area contributed by atoms with Crippen LogP contribution in [0.1, 0.15) is 58.9 Å². The van der Waals surface area contributed by atoms with Crippen molar-refractivity contribution in [3.8, 4) is 0 Å². The van der Waals surface area contributed by atoms with Crippen molar-refractivity contribution in [3.05, 3.63) is 35.9 Å². The van der Waals surface area contributed by atoms with Crippen LogP contribution < -0.4 is 26.6 Å². The third kappa shape index (κ3) is 9.73. The first-order chi connectivity index (χ1) is 21.7. The number of hydrogen-bond acceptors (Lipinski definition) is 8. The molecule has 3 rings (SSSR count). The normalized spacial score (nSPS) is 27.7. The maximum absolute atomic E-state index is 13.7. The van der Waals surface area contributed by atoms with Gasteiger partial charge < -0.3 is 41.7 Å². The zero-order chi connectivity index (χ0) is 34.1. The number of rotatable bonds is 7. The molecule has 2 aliphatic heterocycles. The van der Waals surface area contributed by atoms with Crippen LogP contribution in [0.2, 0.25) is 0 Å². The second-order valence-corrected chi connectivity index (χ2v) is 12.2. The smallest absolute Gasteiger partial charge is 0.305 e. The van der Waals surface area contributed by atoms with Crippen molar-refractivity contribution in [1.82, 2.24) is 31.5 Å². The van der Waals surface area contributed by atoms with E-state index >= 15 is 0 Å². The Balaban J connectivity index is 2.04. The monoisotopic (exact) mass is 644 g/mol. The summed E-state index contributed by atoms with van der Waals surface area (Å²) in [5.41, 5.74) is 0.719. The summed E-state index contributed by atoms with van der Waals surface area (Å²) < 4.78 is 0. The van der Waals surface area contributed by atoms with Gasteiger partial charge in [0.1, 0.15) is 36.3 Å². The number of aliphatic carboxylic acids is 1. The number of hydrogen-bond donors (Lipinski definition) is 7. The first-order valence-electron chi connectivity index (χ1n) is 15.4. The Morgan fingerprint density at radius 1 is 0.826 bits per heavy atom. The molecule has 0 saturated carbocycles. The lowest BCUT2D eigenvalue weighted by atomic mass is 10.00. The van der Waals surface area contributed by atoms with E-state index < -0.39 is 90.2 Å². The summed E-state index contributed by atoms with van der Waals surface area (Å²) in [7, 11) is 0. The standard InChI is InChI=1S/C31H44N6O9/c1-16(2)13-20-26(41)34-22(15-24(39)40)28(43)36-25(18(4)38)30(45)32-17(3)31(46)37-12-8-11-23(37)29(44)35-21(27(42)33-20)14-19-9-6-5-7-10-19/h5-7,9-10,16-18,20-23,25,38H,8,11-15H2,1-4H3,(H,32,45)(H,33,42)(H,34,41)(H,35,44)(H,36,43)(H,39,40)/t17-,18-,20+,21-,22-,23-,25+/m1/s1. The van der Waals surface area contributed by atoms with E-state index in [0.29, 0.717) is 12.8 Å². The summed E-state index contributed by atoms with van der Waals surface area (Å²) in [4.78, 5) is 93.6. The van der Waals surface area contributed by atoms with Gasteiger partial charge in [0.2, 0.25) is 35.4 Å². The van der Waals surface area contributed by atoms with Gasteiger partial charge in [-0.3, -0.25) is 33.6 Å². The van der Waals surface area contributed by atoms with Gasteiger partial charge in [-0.1, -0.05) is 44.2 Å². The molecule has 0 aromatic heterocycles. The number of carbonyl (C=O) groups excluding carboxylic acids is 6. The molecule has 0 unspecified atom stereocenters. The Hall–Kier alpha value is -4.53. The summed E-state index contributed by atoms with van der Waals surface area (Å²) >= 11 is 0. The van der Waals surface area contributed by atoms with Crippen LogP contribution >= 0.6 is 0 Å². The maximum Gasteiger partial charge on any atom is 0.305 e. The second kappa shape index (κ2) is 16.2. The van der Waals surface area contributed by atoms with E-state index in [1.54, 1.807) is 44.2 Å². The Labute approximate surface area is 267 Å². The summed E-state index contributed by atoms with van der Waals surface area (Å²) in [6.07, 6.45) is -1.37. The van der Waals surface area contributed by atoms with Gasteiger partial charge in [-0.2, -0.15) is 0 Å². The van der Waals surface area contributed by atoms with Crippen LogP contribution in [0.3, 0.4) is 0 Å². The molecule has 0 aliphatic carbocycles. The minimum absolute atomic E-state index is 0.0618. The highest BCUT2D eigenvalue weighted by molar-refractivity contribution is 5.99. The van der Waals surface area contributed by atoms with Gasteiger partial charge in [0.25, 0.3) is 0 Å². The van der Waals surface area contributed by atoms with E-state index in [0.717, 1.165) is 5.56 Å². The molecule has 0 bridgehead atoms. The predicted octanol–water partition coefficient (Wildman–Crippen LogP) is -1.42. The third-order valence-electron chi connectivity index (χ3n) is 7.90. The number of carboxylic acids is 1. The lowest BCUT2D eigenvalue weighted by Gasteiger charge is -2.31. The average Bonchev–Trinajstić information content (AvgIpc) is 3.47. The van der Waals surface area contributed by atoms with Crippen LogP contribution in [0.15, 0.2) is 30.3 Å². The van der Waals surface area contributed by atoms with Crippen molar-refractivity contribution in [1.29, 1.82) is 0 Å². The molecule has 7 atom stereocenters. The molecule has 1 aromatic rings. The van der Waals surface area contributed by atoms with Crippen LogP contribution in [0.25, 0.3) is 0 Å². The largest absolute Gasteiger partial charge is 0.481 e. The highest BCUT2D eigenvalue weighted by Crippen LogP contribution is 2.20.